The summed E-state index contributed by atoms with van der Waals surface area (Å²) >= 11 is 0. The molecular weight excluding hydrogens is 254 g/mol. The normalized spacial score (nSPS) is 12.9. The molecule has 1 aromatic carbocycles. The SMILES string of the molecule is CC(C)(C)OC(=O)NCC(N)c1ccc(F)cc1F. The van der Waals surface area contributed by atoms with Crippen molar-refractivity contribution >= 4 is 6.09 Å². The van der Waals surface area contributed by atoms with Gasteiger partial charge in [-0.1, -0.05) is 6.07 Å². The van der Waals surface area contributed by atoms with Gasteiger partial charge in [0.1, 0.15) is 17.2 Å². The van der Waals surface area contributed by atoms with Crippen molar-refractivity contribution in [2.75, 3.05) is 6.54 Å². The molecule has 106 valence electrons. The van der Waals surface area contributed by atoms with Gasteiger partial charge in [0.15, 0.2) is 0 Å². The van der Waals surface area contributed by atoms with Gasteiger partial charge in [-0.3, -0.25) is 0 Å². The van der Waals surface area contributed by atoms with Crippen molar-refractivity contribution in [1.82, 2.24) is 5.32 Å². The van der Waals surface area contributed by atoms with E-state index in [1.54, 1.807) is 20.8 Å². The number of halogens is 2. The summed E-state index contributed by atoms with van der Waals surface area (Å²) < 4.78 is 31.2. The number of hydrogen-bond donors (Lipinski definition) is 2. The molecule has 0 aliphatic heterocycles. The van der Waals surface area contributed by atoms with E-state index in [1.807, 2.05) is 0 Å². The lowest BCUT2D eigenvalue weighted by molar-refractivity contribution is 0.0524. The molecule has 19 heavy (non-hydrogen) atoms. The summed E-state index contributed by atoms with van der Waals surface area (Å²) in [5.41, 5.74) is 5.25. The Hall–Kier alpha value is -1.69. The zero-order chi connectivity index (χ0) is 14.6. The monoisotopic (exact) mass is 272 g/mol. The van der Waals surface area contributed by atoms with Gasteiger partial charge in [0.25, 0.3) is 0 Å². The van der Waals surface area contributed by atoms with Gasteiger partial charge in [-0.05, 0) is 26.8 Å². The molecule has 0 saturated carbocycles. The van der Waals surface area contributed by atoms with E-state index in [2.05, 4.69) is 5.32 Å². The first-order chi connectivity index (χ1) is 8.69. The van der Waals surface area contributed by atoms with Gasteiger partial charge < -0.3 is 15.8 Å². The molecule has 0 fully saturated rings. The van der Waals surface area contributed by atoms with Gasteiger partial charge in [0, 0.05) is 18.2 Å². The number of nitrogens with one attached hydrogen (secondary N) is 1. The maximum atomic E-state index is 13.4. The van der Waals surface area contributed by atoms with E-state index in [0.717, 1.165) is 12.1 Å². The number of carbonyl (C=O) groups excluding carboxylic acids is 1. The molecule has 1 rings (SSSR count). The molecule has 1 atom stereocenters. The summed E-state index contributed by atoms with van der Waals surface area (Å²) in [4.78, 5) is 11.4. The van der Waals surface area contributed by atoms with Crippen LogP contribution in [0.15, 0.2) is 18.2 Å². The van der Waals surface area contributed by atoms with Gasteiger partial charge in [0.2, 0.25) is 0 Å². The minimum Gasteiger partial charge on any atom is -0.444 e. The number of hydrogen-bond acceptors (Lipinski definition) is 3. The molecule has 1 aromatic rings. The summed E-state index contributed by atoms with van der Waals surface area (Å²) in [6.07, 6.45) is -0.634. The number of rotatable bonds is 3. The molecule has 0 saturated heterocycles. The van der Waals surface area contributed by atoms with Crippen LogP contribution in [-0.2, 0) is 4.74 Å². The first-order valence-electron chi connectivity index (χ1n) is 5.86. The Morgan fingerprint density at radius 2 is 2.05 bits per heavy atom. The van der Waals surface area contributed by atoms with Crippen LogP contribution in [0, 0.1) is 11.6 Å². The molecule has 4 nitrogen and oxygen atoms in total. The first kappa shape index (κ1) is 15.4. The molecular formula is C13H18F2N2O2. The summed E-state index contributed by atoms with van der Waals surface area (Å²) in [5, 5.41) is 2.43. The molecule has 0 heterocycles. The largest absolute Gasteiger partial charge is 0.444 e. The lowest BCUT2D eigenvalue weighted by atomic mass is 10.1. The molecule has 0 aliphatic carbocycles. The number of carbonyl (C=O) groups is 1. The van der Waals surface area contributed by atoms with Crippen LogP contribution in [0.3, 0.4) is 0 Å². The topological polar surface area (TPSA) is 64.3 Å². The molecule has 0 radical (unpaired) electrons. The first-order valence-corrected chi connectivity index (χ1v) is 5.86. The van der Waals surface area contributed by atoms with Crippen LogP contribution in [0.1, 0.15) is 32.4 Å². The smallest absolute Gasteiger partial charge is 0.407 e. The van der Waals surface area contributed by atoms with Crippen LogP contribution in [-0.4, -0.2) is 18.2 Å². The minimum absolute atomic E-state index is 0.00251. The van der Waals surface area contributed by atoms with E-state index in [1.165, 1.54) is 6.07 Å². The van der Waals surface area contributed by atoms with Gasteiger partial charge >= 0.3 is 6.09 Å². The number of ether oxygens (including phenoxy) is 1. The van der Waals surface area contributed by atoms with Crippen molar-refractivity contribution in [2.24, 2.45) is 5.73 Å². The minimum atomic E-state index is -0.770. The Bertz CT molecular complexity index is 458. The summed E-state index contributed by atoms with van der Waals surface area (Å²) in [6, 6.07) is 2.36. The predicted octanol–water partition coefficient (Wildman–Crippen LogP) is 2.49. The highest BCUT2D eigenvalue weighted by Crippen LogP contribution is 2.16. The van der Waals surface area contributed by atoms with Crippen molar-refractivity contribution in [3.05, 3.63) is 35.4 Å². The second-order valence-electron chi connectivity index (χ2n) is 5.16. The molecule has 3 N–H and O–H groups in total. The Morgan fingerprint density at radius 3 is 2.58 bits per heavy atom. The van der Waals surface area contributed by atoms with E-state index in [9.17, 15) is 13.6 Å². The third kappa shape index (κ3) is 5.21. The van der Waals surface area contributed by atoms with Crippen LogP contribution in [0.4, 0.5) is 13.6 Å². The van der Waals surface area contributed by atoms with E-state index >= 15 is 0 Å². The van der Waals surface area contributed by atoms with Gasteiger partial charge in [-0.2, -0.15) is 0 Å². The van der Waals surface area contributed by atoms with Crippen molar-refractivity contribution in [3.63, 3.8) is 0 Å². The van der Waals surface area contributed by atoms with Crippen LogP contribution < -0.4 is 11.1 Å². The lowest BCUT2D eigenvalue weighted by Crippen LogP contribution is -2.36. The number of benzene rings is 1. The predicted molar refractivity (Wildman–Crippen MR) is 67.5 cm³/mol. The van der Waals surface area contributed by atoms with Gasteiger partial charge in [0.05, 0.1) is 6.04 Å². The Morgan fingerprint density at radius 1 is 1.42 bits per heavy atom. The summed E-state index contributed by atoms with van der Waals surface area (Å²) in [6.45, 7) is 5.18. The molecule has 6 heteroatoms. The quantitative estimate of drug-likeness (QED) is 0.888. The van der Waals surface area contributed by atoms with Crippen molar-refractivity contribution in [3.8, 4) is 0 Å². The van der Waals surface area contributed by atoms with E-state index in [0.29, 0.717) is 0 Å². The van der Waals surface area contributed by atoms with Crippen LogP contribution in [0.2, 0.25) is 0 Å². The second kappa shape index (κ2) is 5.97. The van der Waals surface area contributed by atoms with Gasteiger partial charge in [-0.15, -0.1) is 0 Å². The summed E-state index contributed by atoms with van der Waals surface area (Å²) in [7, 11) is 0. The molecule has 0 spiro atoms. The lowest BCUT2D eigenvalue weighted by Gasteiger charge is -2.21. The van der Waals surface area contributed by atoms with Crippen molar-refractivity contribution < 1.29 is 18.3 Å². The van der Waals surface area contributed by atoms with Crippen molar-refractivity contribution in [1.29, 1.82) is 0 Å². The Kier molecular flexibility index (Phi) is 4.83. The molecule has 0 aromatic heterocycles. The molecule has 0 aliphatic rings. The van der Waals surface area contributed by atoms with Crippen molar-refractivity contribution in [2.45, 2.75) is 32.4 Å². The third-order valence-electron chi connectivity index (χ3n) is 2.23. The fourth-order valence-electron chi connectivity index (χ4n) is 1.42. The van der Waals surface area contributed by atoms with E-state index < -0.39 is 29.4 Å². The average Bonchev–Trinajstić information content (AvgIpc) is 2.23. The molecule has 0 bridgehead atoms. The van der Waals surface area contributed by atoms with Crippen LogP contribution in [0.5, 0.6) is 0 Å². The zero-order valence-corrected chi connectivity index (χ0v) is 11.2. The third-order valence-corrected chi connectivity index (χ3v) is 2.23. The fraction of sp³-hybridized carbons (Fsp3) is 0.462. The Labute approximate surface area is 110 Å². The Balaban J connectivity index is 2.56. The maximum absolute atomic E-state index is 13.4. The maximum Gasteiger partial charge on any atom is 0.407 e. The second-order valence-corrected chi connectivity index (χ2v) is 5.16. The highest BCUT2D eigenvalue weighted by Gasteiger charge is 2.18. The standard InChI is InChI=1S/C13H18F2N2O2/c1-13(2,3)19-12(18)17-7-11(16)9-5-4-8(14)6-10(9)15/h4-6,11H,7,16H2,1-3H3,(H,17,18). The number of alkyl carbamates (subject to hydrolysis) is 1. The van der Waals surface area contributed by atoms with Crippen LogP contribution in [0.25, 0.3) is 0 Å². The van der Waals surface area contributed by atoms with Crippen LogP contribution >= 0.6 is 0 Å². The molecule has 1 unspecified atom stereocenters. The van der Waals surface area contributed by atoms with Gasteiger partial charge in [-0.25, -0.2) is 13.6 Å². The van der Waals surface area contributed by atoms with E-state index in [-0.39, 0.29) is 12.1 Å². The zero-order valence-electron chi connectivity index (χ0n) is 11.2. The summed E-state index contributed by atoms with van der Waals surface area (Å²) in [5.74, 6) is -1.41. The van der Waals surface area contributed by atoms with E-state index in [4.69, 9.17) is 10.5 Å². The average molecular weight is 272 g/mol. The molecule has 1 amide bonds. The highest BCUT2D eigenvalue weighted by molar-refractivity contribution is 5.67. The fourth-order valence-corrected chi connectivity index (χ4v) is 1.42. The number of amides is 1. The number of nitrogens with two attached hydrogens (primary N) is 1. The highest BCUT2D eigenvalue weighted by atomic mass is 19.1.